The standard InChI is InChI=1S/C11H16O2/c12-10(13)11-3-1-2-8-4-7(6-11)5-9(8)11/h7-9H,1-6H2,(H,12,13). The molecule has 0 aromatic rings. The van der Waals surface area contributed by atoms with Crippen molar-refractivity contribution in [2.75, 3.05) is 0 Å². The normalized spacial score (nSPS) is 52.5. The van der Waals surface area contributed by atoms with E-state index in [1.807, 2.05) is 0 Å². The van der Waals surface area contributed by atoms with Gasteiger partial charge in [0, 0.05) is 0 Å². The van der Waals surface area contributed by atoms with Gasteiger partial charge in [0.2, 0.25) is 0 Å². The van der Waals surface area contributed by atoms with Gasteiger partial charge in [0.05, 0.1) is 5.41 Å². The highest BCUT2D eigenvalue weighted by molar-refractivity contribution is 5.76. The molecule has 72 valence electrons. The average molecular weight is 180 g/mol. The summed E-state index contributed by atoms with van der Waals surface area (Å²) < 4.78 is 0. The van der Waals surface area contributed by atoms with E-state index < -0.39 is 5.97 Å². The van der Waals surface area contributed by atoms with Gasteiger partial charge in [-0.1, -0.05) is 12.8 Å². The van der Waals surface area contributed by atoms with Gasteiger partial charge in [-0.3, -0.25) is 4.79 Å². The molecule has 0 heterocycles. The van der Waals surface area contributed by atoms with Crippen LogP contribution in [0.1, 0.15) is 38.5 Å². The van der Waals surface area contributed by atoms with Gasteiger partial charge in [-0.2, -0.15) is 0 Å². The van der Waals surface area contributed by atoms with E-state index in [4.69, 9.17) is 0 Å². The molecule has 3 fully saturated rings. The van der Waals surface area contributed by atoms with Crippen molar-refractivity contribution in [2.45, 2.75) is 38.5 Å². The largest absolute Gasteiger partial charge is 0.481 e. The fraction of sp³-hybridized carbons (Fsp3) is 0.909. The predicted octanol–water partition coefficient (Wildman–Crippen LogP) is 2.29. The van der Waals surface area contributed by atoms with Crippen LogP contribution in [-0.4, -0.2) is 11.1 Å². The van der Waals surface area contributed by atoms with Crippen LogP contribution < -0.4 is 0 Å². The summed E-state index contributed by atoms with van der Waals surface area (Å²) in [6.45, 7) is 0. The fourth-order valence-corrected chi connectivity index (χ4v) is 4.39. The molecule has 3 rings (SSSR count). The van der Waals surface area contributed by atoms with E-state index in [1.165, 1.54) is 19.3 Å². The molecule has 3 aliphatic rings. The minimum absolute atomic E-state index is 0.272. The summed E-state index contributed by atoms with van der Waals surface area (Å²) in [4.78, 5) is 11.3. The lowest BCUT2D eigenvalue weighted by Gasteiger charge is -2.42. The monoisotopic (exact) mass is 180 g/mol. The minimum atomic E-state index is -0.496. The van der Waals surface area contributed by atoms with Crippen molar-refractivity contribution in [1.29, 1.82) is 0 Å². The quantitative estimate of drug-likeness (QED) is 0.672. The van der Waals surface area contributed by atoms with Crippen LogP contribution in [0.2, 0.25) is 0 Å². The van der Waals surface area contributed by atoms with E-state index in [2.05, 4.69) is 0 Å². The van der Waals surface area contributed by atoms with Gasteiger partial charge in [0.15, 0.2) is 0 Å². The molecule has 0 spiro atoms. The lowest BCUT2D eigenvalue weighted by Crippen LogP contribution is -2.43. The average Bonchev–Trinajstić information content (AvgIpc) is 2.58. The lowest BCUT2D eigenvalue weighted by atomic mass is 9.61. The summed E-state index contributed by atoms with van der Waals surface area (Å²) in [5, 5.41) is 9.34. The van der Waals surface area contributed by atoms with Gasteiger partial charge in [0.1, 0.15) is 0 Å². The maximum absolute atomic E-state index is 11.3. The van der Waals surface area contributed by atoms with Crippen LogP contribution in [0.15, 0.2) is 0 Å². The molecule has 4 atom stereocenters. The van der Waals surface area contributed by atoms with Crippen LogP contribution in [0.3, 0.4) is 0 Å². The molecule has 0 radical (unpaired) electrons. The van der Waals surface area contributed by atoms with Gasteiger partial charge >= 0.3 is 5.97 Å². The molecule has 1 N–H and O–H groups in total. The van der Waals surface area contributed by atoms with Crippen LogP contribution in [-0.2, 0) is 4.79 Å². The Morgan fingerprint density at radius 2 is 2.23 bits per heavy atom. The van der Waals surface area contributed by atoms with Crippen molar-refractivity contribution < 1.29 is 9.90 Å². The highest BCUT2D eigenvalue weighted by atomic mass is 16.4. The molecule has 4 unspecified atom stereocenters. The third kappa shape index (κ3) is 0.818. The first-order valence-electron chi connectivity index (χ1n) is 5.46. The van der Waals surface area contributed by atoms with Crippen molar-refractivity contribution >= 4 is 5.97 Å². The number of carboxylic acid groups (broad SMARTS) is 1. The maximum Gasteiger partial charge on any atom is 0.309 e. The smallest absolute Gasteiger partial charge is 0.309 e. The van der Waals surface area contributed by atoms with Gasteiger partial charge < -0.3 is 5.11 Å². The van der Waals surface area contributed by atoms with Crippen LogP contribution in [0.25, 0.3) is 0 Å². The second-order valence-electron chi connectivity index (χ2n) is 5.26. The lowest BCUT2D eigenvalue weighted by molar-refractivity contribution is -0.156. The summed E-state index contributed by atoms with van der Waals surface area (Å²) in [5.74, 6) is 1.57. The number of aliphatic carboxylic acids is 1. The second kappa shape index (κ2) is 2.28. The van der Waals surface area contributed by atoms with Crippen molar-refractivity contribution in [3.63, 3.8) is 0 Å². The first-order chi connectivity index (χ1) is 6.22. The molecule has 13 heavy (non-hydrogen) atoms. The van der Waals surface area contributed by atoms with Crippen LogP contribution in [0.5, 0.6) is 0 Å². The molecule has 3 aliphatic carbocycles. The zero-order valence-corrected chi connectivity index (χ0v) is 7.83. The summed E-state index contributed by atoms with van der Waals surface area (Å²) >= 11 is 0. The Bertz CT molecular complexity index is 261. The Hall–Kier alpha value is -0.530. The predicted molar refractivity (Wildman–Crippen MR) is 48.2 cm³/mol. The van der Waals surface area contributed by atoms with E-state index >= 15 is 0 Å². The number of fused-ring (bicyclic) bond motifs is 1. The maximum atomic E-state index is 11.3. The molecular weight excluding hydrogens is 164 g/mol. The fourth-order valence-electron chi connectivity index (χ4n) is 4.39. The van der Waals surface area contributed by atoms with Crippen LogP contribution in [0.4, 0.5) is 0 Å². The van der Waals surface area contributed by atoms with Crippen molar-refractivity contribution in [3.05, 3.63) is 0 Å². The first kappa shape index (κ1) is 7.84. The van der Waals surface area contributed by atoms with Gasteiger partial charge in [0.25, 0.3) is 0 Å². The number of hydrogen-bond donors (Lipinski definition) is 1. The van der Waals surface area contributed by atoms with Gasteiger partial charge in [-0.25, -0.2) is 0 Å². The number of hydrogen-bond acceptors (Lipinski definition) is 1. The molecule has 2 heteroatoms. The molecule has 2 nitrogen and oxygen atoms in total. The third-order valence-electron chi connectivity index (χ3n) is 4.78. The van der Waals surface area contributed by atoms with E-state index in [0.29, 0.717) is 5.92 Å². The van der Waals surface area contributed by atoms with Crippen molar-refractivity contribution in [2.24, 2.45) is 23.2 Å². The second-order valence-corrected chi connectivity index (χ2v) is 5.26. The number of carboxylic acids is 1. The summed E-state index contributed by atoms with van der Waals surface area (Å²) in [5.41, 5.74) is -0.272. The molecule has 0 aromatic carbocycles. The van der Waals surface area contributed by atoms with Crippen molar-refractivity contribution in [3.8, 4) is 0 Å². The Balaban J connectivity index is 2.00. The molecule has 0 saturated heterocycles. The van der Waals surface area contributed by atoms with E-state index in [0.717, 1.165) is 31.1 Å². The summed E-state index contributed by atoms with van der Waals surface area (Å²) in [6, 6.07) is 0. The van der Waals surface area contributed by atoms with E-state index in [1.54, 1.807) is 0 Å². The molecule has 0 amide bonds. The Labute approximate surface area is 78.3 Å². The Kier molecular flexibility index (Phi) is 1.38. The molecule has 2 bridgehead atoms. The summed E-state index contributed by atoms with van der Waals surface area (Å²) in [6.07, 6.45) is 6.95. The molecule has 0 aliphatic heterocycles. The van der Waals surface area contributed by atoms with Gasteiger partial charge in [-0.15, -0.1) is 0 Å². The first-order valence-corrected chi connectivity index (χ1v) is 5.46. The zero-order chi connectivity index (χ0) is 9.05. The third-order valence-corrected chi connectivity index (χ3v) is 4.78. The van der Waals surface area contributed by atoms with Crippen LogP contribution >= 0.6 is 0 Å². The Morgan fingerprint density at radius 1 is 1.38 bits per heavy atom. The Morgan fingerprint density at radius 3 is 2.85 bits per heavy atom. The minimum Gasteiger partial charge on any atom is -0.481 e. The molecular formula is C11H16O2. The van der Waals surface area contributed by atoms with Crippen LogP contribution in [0, 0.1) is 23.2 Å². The molecule has 0 aromatic heterocycles. The van der Waals surface area contributed by atoms with E-state index in [9.17, 15) is 9.90 Å². The molecule has 3 saturated carbocycles. The summed E-state index contributed by atoms with van der Waals surface area (Å²) in [7, 11) is 0. The number of rotatable bonds is 1. The van der Waals surface area contributed by atoms with Gasteiger partial charge in [-0.05, 0) is 43.4 Å². The SMILES string of the molecule is O=C(O)C12CCCC3CC(CC31)C2. The highest BCUT2D eigenvalue weighted by Gasteiger charge is 2.60. The number of carbonyl (C=O) groups is 1. The van der Waals surface area contributed by atoms with E-state index in [-0.39, 0.29) is 5.41 Å². The highest BCUT2D eigenvalue weighted by Crippen LogP contribution is 2.64. The van der Waals surface area contributed by atoms with Crippen molar-refractivity contribution in [1.82, 2.24) is 0 Å². The zero-order valence-electron chi connectivity index (χ0n) is 7.83. The topological polar surface area (TPSA) is 37.3 Å².